The topological polar surface area (TPSA) is 20.2 Å². The molecule has 0 spiro atoms. The van der Waals surface area contributed by atoms with E-state index in [1.165, 1.54) is 33.1 Å². The molecule has 2 aromatic rings. The largest absolute Gasteiger partial charge is 0.393 e. The molecule has 3 rings (SSSR count). The van der Waals surface area contributed by atoms with E-state index < -0.39 is 7.92 Å². The third-order valence-corrected chi connectivity index (χ3v) is 10.9. The molecule has 0 unspecified atom stereocenters. The highest BCUT2D eigenvalue weighted by molar-refractivity contribution is 7.69. The molecule has 0 bridgehead atoms. The lowest BCUT2D eigenvalue weighted by Crippen LogP contribution is -2.45. The number of hydrogen-bond donors (Lipinski definition) is 1. The van der Waals surface area contributed by atoms with Crippen molar-refractivity contribution in [1.29, 1.82) is 0 Å². The molecule has 0 radical (unpaired) electrons. The van der Waals surface area contributed by atoms with Gasteiger partial charge in [-0.1, -0.05) is 114 Å². The van der Waals surface area contributed by atoms with E-state index in [4.69, 9.17) is 0 Å². The fraction of sp³-hybridized carbons (Fsp3) is 0.600. The van der Waals surface area contributed by atoms with Gasteiger partial charge in [0.1, 0.15) is 0 Å². The maximum Gasteiger partial charge on any atom is 0.0557 e. The number of benzene rings is 2. The summed E-state index contributed by atoms with van der Waals surface area (Å²) in [6.07, 6.45) is 1.57. The predicted octanol–water partition coefficient (Wildman–Crippen LogP) is 8.54. The maximum atomic E-state index is 10.7. The van der Waals surface area contributed by atoms with E-state index >= 15 is 0 Å². The molecule has 2 heteroatoms. The quantitative estimate of drug-likeness (QED) is 0.451. The van der Waals surface area contributed by atoms with Crippen LogP contribution < -0.4 is 5.30 Å². The third kappa shape index (κ3) is 4.85. The van der Waals surface area contributed by atoms with Crippen molar-refractivity contribution < 1.29 is 5.11 Å². The van der Waals surface area contributed by atoms with Gasteiger partial charge in [0, 0.05) is 0 Å². The summed E-state index contributed by atoms with van der Waals surface area (Å²) in [4.78, 5) is 0. The zero-order valence-corrected chi connectivity index (χ0v) is 23.0. The van der Waals surface area contributed by atoms with Crippen molar-refractivity contribution in [2.24, 2.45) is 0 Å². The minimum Gasteiger partial charge on any atom is -0.393 e. The summed E-state index contributed by atoms with van der Waals surface area (Å²) in [5.41, 5.74) is 7.31. The first-order valence-electron chi connectivity index (χ1n) is 12.5. The van der Waals surface area contributed by atoms with E-state index in [9.17, 15) is 5.11 Å². The molecule has 1 fully saturated rings. The average Bonchev–Trinajstić information content (AvgIpc) is 2.64. The maximum absolute atomic E-state index is 10.7. The molecule has 1 N–H and O–H groups in total. The second-order valence-corrected chi connectivity index (χ2v) is 15.7. The van der Waals surface area contributed by atoms with Gasteiger partial charge < -0.3 is 5.11 Å². The third-order valence-electron chi connectivity index (χ3n) is 7.23. The second kappa shape index (κ2) is 9.23. The summed E-state index contributed by atoms with van der Waals surface area (Å²) < 4.78 is 0. The lowest BCUT2D eigenvalue weighted by Gasteiger charge is -2.52. The molecular formula is C30H45OP. The zero-order chi connectivity index (χ0) is 24.0. The van der Waals surface area contributed by atoms with Crippen LogP contribution in [0.5, 0.6) is 0 Å². The summed E-state index contributed by atoms with van der Waals surface area (Å²) in [5, 5.41) is 12.4. The Labute approximate surface area is 198 Å². The van der Waals surface area contributed by atoms with Crippen LogP contribution in [-0.2, 0) is 0 Å². The number of hydrogen-bond acceptors (Lipinski definition) is 1. The van der Waals surface area contributed by atoms with Crippen LogP contribution in [0, 0.1) is 0 Å². The first-order valence-corrected chi connectivity index (χ1v) is 13.9. The Kier molecular flexibility index (Phi) is 7.34. The summed E-state index contributed by atoms with van der Waals surface area (Å²) in [7, 11) is -0.468. The van der Waals surface area contributed by atoms with Crippen molar-refractivity contribution in [3.05, 3.63) is 53.1 Å². The van der Waals surface area contributed by atoms with Crippen molar-refractivity contribution >= 4 is 13.2 Å². The van der Waals surface area contributed by atoms with Crippen LogP contribution in [0.25, 0.3) is 11.1 Å². The number of rotatable bonds is 5. The Balaban J connectivity index is 2.34. The Morgan fingerprint density at radius 2 is 1.25 bits per heavy atom. The van der Waals surface area contributed by atoms with Gasteiger partial charge in [-0.25, -0.2) is 0 Å². The van der Waals surface area contributed by atoms with E-state index in [0.717, 1.165) is 12.8 Å². The molecule has 176 valence electrons. The van der Waals surface area contributed by atoms with E-state index in [0.29, 0.717) is 17.8 Å². The molecule has 1 nitrogen and oxygen atoms in total. The molecule has 2 aromatic carbocycles. The average molecular weight is 453 g/mol. The van der Waals surface area contributed by atoms with Crippen LogP contribution in [0.3, 0.4) is 0 Å². The van der Waals surface area contributed by atoms with Crippen LogP contribution in [0.4, 0.5) is 0 Å². The van der Waals surface area contributed by atoms with Gasteiger partial charge in [0.05, 0.1) is 6.10 Å². The monoisotopic (exact) mass is 452 g/mol. The minimum atomic E-state index is -0.468. The lowest BCUT2D eigenvalue weighted by atomic mass is 9.82. The highest BCUT2D eigenvalue weighted by Gasteiger charge is 2.48. The molecule has 1 heterocycles. The highest BCUT2D eigenvalue weighted by Crippen LogP contribution is 2.66. The van der Waals surface area contributed by atoms with Crippen LogP contribution in [0.15, 0.2) is 36.4 Å². The summed E-state index contributed by atoms with van der Waals surface area (Å²) in [5.74, 6) is 1.46. The molecule has 32 heavy (non-hydrogen) atoms. The summed E-state index contributed by atoms with van der Waals surface area (Å²) in [6.45, 7) is 23.5. The van der Waals surface area contributed by atoms with Crippen molar-refractivity contribution in [3.63, 3.8) is 0 Å². The molecule has 1 aliphatic heterocycles. The molecule has 0 amide bonds. The van der Waals surface area contributed by atoms with Crippen LogP contribution in [0.2, 0.25) is 0 Å². The smallest absolute Gasteiger partial charge is 0.0557 e. The standard InChI is InChI=1S/C30H45OP/c1-19(2)22-15-25(20(3)4)28(26(16-22)21(5)6)24-13-11-12-14-27(24)32-29(7,8)17-23(31)18-30(32,9)10/h11-16,19-21,23,31H,17-18H2,1-10H3. The Morgan fingerprint density at radius 1 is 0.781 bits per heavy atom. The van der Waals surface area contributed by atoms with Gasteiger partial charge in [-0.05, 0) is 74.0 Å². The molecule has 1 saturated heterocycles. The van der Waals surface area contributed by atoms with Gasteiger partial charge in [-0.2, -0.15) is 0 Å². The minimum absolute atomic E-state index is 0.0977. The van der Waals surface area contributed by atoms with E-state index in [-0.39, 0.29) is 16.4 Å². The lowest BCUT2D eigenvalue weighted by molar-refractivity contribution is 0.125. The SMILES string of the molecule is CC(C)c1cc(C(C)C)c(-c2ccccc2P2C(C)(C)CC(O)CC2(C)C)c(C(C)C)c1. The molecular weight excluding hydrogens is 407 g/mol. The molecule has 0 aliphatic carbocycles. The fourth-order valence-corrected chi connectivity index (χ4v) is 10.4. The van der Waals surface area contributed by atoms with Gasteiger partial charge >= 0.3 is 0 Å². The molecule has 1 aliphatic rings. The number of aliphatic hydroxyl groups is 1. The van der Waals surface area contributed by atoms with E-state index in [1.807, 2.05) is 0 Å². The van der Waals surface area contributed by atoms with Gasteiger partial charge in [-0.15, -0.1) is 0 Å². The van der Waals surface area contributed by atoms with Crippen LogP contribution in [0.1, 0.15) is 117 Å². The van der Waals surface area contributed by atoms with E-state index in [1.54, 1.807) is 0 Å². The Hall–Kier alpha value is -1.17. The second-order valence-electron chi connectivity index (χ2n) is 12.1. The predicted molar refractivity (Wildman–Crippen MR) is 144 cm³/mol. The van der Waals surface area contributed by atoms with E-state index in [2.05, 4.69) is 106 Å². The summed E-state index contributed by atoms with van der Waals surface area (Å²) in [6, 6.07) is 14.2. The highest BCUT2D eigenvalue weighted by atomic mass is 31.1. The van der Waals surface area contributed by atoms with Crippen molar-refractivity contribution in [1.82, 2.24) is 0 Å². The Bertz CT molecular complexity index is 904. The van der Waals surface area contributed by atoms with Gasteiger partial charge in [0.25, 0.3) is 0 Å². The Morgan fingerprint density at radius 3 is 1.69 bits per heavy atom. The number of aliphatic hydroxyl groups excluding tert-OH is 1. The van der Waals surface area contributed by atoms with Gasteiger partial charge in [0.2, 0.25) is 0 Å². The fourth-order valence-electron chi connectivity index (χ4n) is 6.03. The first-order chi connectivity index (χ1) is 14.8. The molecule has 0 saturated carbocycles. The van der Waals surface area contributed by atoms with Crippen LogP contribution >= 0.6 is 7.92 Å². The van der Waals surface area contributed by atoms with Gasteiger partial charge in [-0.3, -0.25) is 0 Å². The van der Waals surface area contributed by atoms with Crippen LogP contribution in [-0.4, -0.2) is 21.5 Å². The van der Waals surface area contributed by atoms with Gasteiger partial charge in [0.15, 0.2) is 0 Å². The molecule has 0 atom stereocenters. The van der Waals surface area contributed by atoms with Crippen molar-refractivity contribution in [3.8, 4) is 11.1 Å². The normalized spacial score (nSPS) is 22.7. The van der Waals surface area contributed by atoms with Crippen molar-refractivity contribution in [2.45, 2.75) is 116 Å². The first kappa shape index (κ1) is 25.5. The zero-order valence-electron chi connectivity index (χ0n) is 22.1. The van der Waals surface area contributed by atoms with Crippen molar-refractivity contribution in [2.75, 3.05) is 0 Å². The molecule has 0 aromatic heterocycles. The summed E-state index contributed by atoms with van der Waals surface area (Å²) >= 11 is 0.